The number of rotatable bonds is 4. The van der Waals surface area contributed by atoms with E-state index in [0.717, 1.165) is 18.9 Å². The highest BCUT2D eigenvalue weighted by molar-refractivity contribution is 4.98. The van der Waals surface area contributed by atoms with Gasteiger partial charge in [-0.05, 0) is 38.8 Å². The molecule has 1 unspecified atom stereocenters. The molecule has 1 aliphatic carbocycles. The predicted molar refractivity (Wildman–Crippen MR) is 71.9 cm³/mol. The summed E-state index contributed by atoms with van der Waals surface area (Å²) in [6.07, 6.45) is 13.7. The Morgan fingerprint density at radius 3 is 2.71 bits per heavy atom. The van der Waals surface area contributed by atoms with Crippen LogP contribution in [0.4, 0.5) is 0 Å². The minimum Gasteiger partial charge on any atom is -0.496 e. The monoisotopic (exact) mass is 237 g/mol. The molecule has 17 heavy (non-hydrogen) atoms. The van der Waals surface area contributed by atoms with Crippen LogP contribution in [0.2, 0.25) is 0 Å². The van der Waals surface area contributed by atoms with Crippen LogP contribution in [0.3, 0.4) is 0 Å². The van der Waals surface area contributed by atoms with Crippen molar-refractivity contribution in [2.45, 2.75) is 70.4 Å². The van der Waals surface area contributed by atoms with Crippen molar-refractivity contribution in [2.24, 2.45) is 5.92 Å². The molecule has 0 aromatic carbocycles. The van der Waals surface area contributed by atoms with Gasteiger partial charge in [-0.1, -0.05) is 32.1 Å². The molecule has 1 N–H and O–H groups in total. The maximum absolute atomic E-state index is 5.57. The molecule has 1 aliphatic heterocycles. The lowest BCUT2D eigenvalue weighted by Gasteiger charge is -2.32. The Kier molecular flexibility index (Phi) is 4.49. The molecule has 2 heteroatoms. The zero-order valence-electron chi connectivity index (χ0n) is 11.4. The van der Waals surface area contributed by atoms with E-state index in [2.05, 4.69) is 25.2 Å². The molecule has 0 saturated heterocycles. The van der Waals surface area contributed by atoms with E-state index in [-0.39, 0.29) is 5.60 Å². The Morgan fingerprint density at radius 2 is 2.00 bits per heavy atom. The Bertz CT molecular complexity index is 254. The Morgan fingerprint density at radius 1 is 1.24 bits per heavy atom. The fourth-order valence-electron chi connectivity index (χ4n) is 3.05. The third-order valence-corrected chi connectivity index (χ3v) is 4.09. The second kappa shape index (κ2) is 5.90. The van der Waals surface area contributed by atoms with Crippen molar-refractivity contribution in [2.75, 3.05) is 6.54 Å². The fraction of sp³-hybridized carbons (Fsp3) is 0.867. The summed E-state index contributed by atoms with van der Waals surface area (Å²) in [7, 11) is 0. The summed E-state index contributed by atoms with van der Waals surface area (Å²) >= 11 is 0. The Balaban J connectivity index is 1.64. The summed E-state index contributed by atoms with van der Waals surface area (Å²) < 4.78 is 5.57. The highest BCUT2D eigenvalue weighted by Gasteiger charge is 2.25. The van der Waals surface area contributed by atoms with Crippen LogP contribution in [0.5, 0.6) is 0 Å². The second-order valence-corrected chi connectivity index (χ2v) is 6.26. The van der Waals surface area contributed by atoms with Crippen LogP contribution in [0.15, 0.2) is 12.3 Å². The van der Waals surface area contributed by atoms with Crippen LogP contribution in [0.1, 0.15) is 58.8 Å². The summed E-state index contributed by atoms with van der Waals surface area (Å²) in [4.78, 5) is 0. The van der Waals surface area contributed by atoms with Gasteiger partial charge in [0.25, 0.3) is 0 Å². The van der Waals surface area contributed by atoms with Crippen LogP contribution >= 0.6 is 0 Å². The van der Waals surface area contributed by atoms with Gasteiger partial charge in [0, 0.05) is 12.5 Å². The van der Waals surface area contributed by atoms with Crippen LogP contribution in [-0.4, -0.2) is 18.2 Å². The zero-order chi connectivity index (χ0) is 12.1. The van der Waals surface area contributed by atoms with E-state index in [0.29, 0.717) is 6.04 Å². The van der Waals surface area contributed by atoms with Crippen LogP contribution in [-0.2, 0) is 4.74 Å². The summed E-state index contributed by atoms with van der Waals surface area (Å²) in [6.45, 7) is 5.48. The van der Waals surface area contributed by atoms with E-state index in [1.807, 2.05) is 6.26 Å². The first-order chi connectivity index (χ1) is 8.16. The molecular formula is C15H27NO. The summed E-state index contributed by atoms with van der Waals surface area (Å²) in [5, 5.41) is 3.66. The van der Waals surface area contributed by atoms with Crippen LogP contribution in [0.25, 0.3) is 0 Å². The van der Waals surface area contributed by atoms with Crippen LogP contribution in [0, 0.1) is 5.92 Å². The zero-order valence-corrected chi connectivity index (χ0v) is 11.4. The van der Waals surface area contributed by atoms with E-state index in [1.165, 1.54) is 38.5 Å². The molecule has 2 rings (SSSR count). The van der Waals surface area contributed by atoms with E-state index in [1.54, 1.807) is 0 Å². The molecule has 0 amide bonds. The molecule has 2 aliphatic rings. The van der Waals surface area contributed by atoms with Gasteiger partial charge in [0.1, 0.15) is 5.60 Å². The number of hydrogen-bond acceptors (Lipinski definition) is 2. The maximum Gasteiger partial charge on any atom is 0.104 e. The van der Waals surface area contributed by atoms with E-state index in [4.69, 9.17) is 4.74 Å². The molecule has 1 fully saturated rings. The molecule has 2 nitrogen and oxygen atoms in total. The van der Waals surface area contributed by atoms with Gasteiger partial charge in [0.15, 0.2) is 0 Å². The summed E-state index contributed by atoms with van der Waals surface area (Å²) in [6, 6.07) is 0.502. The molecular weight excluding hydrogens is 210 g/mol. The van der Waals surface area contributed by atoms with Crippen LogP contribution < -0.4 is 5.32 Å². The minimum atomic E-state index is -0.00272. The van der Waals surface area contributed by atoms with Gasteiger partial charge in [-0.2, -0.15) is 0 Å². The summed E-state index contributed by atoms with van der Waals surface area (Å²) in [5.74, 6) is 0.980. The van der Waals surface area contributed by atoms with Crippen molar-refractivity contribution in [3.05, 3.63) is 12.3 Å². The molecule has 1 heterocycles. The minimum absolute atomic E-state index is 0.00272. The lowest BCUT2D eigenvalue weighted by Crippen LogP contribution is -2.39. The van der Waals surface area contributed by atoms with E-state index < -0.39 is 0 Å². The normalized spacial score (nSPS) is 28.9. The van der Waals surface area contributed by atoms with Crippen molar-refractivity contribution in [1.29, 1.82) is 0 Å². The average molecular weight is 237 g/mol. The van der Waals surface area contributed by atoms with Crippen molar-refractivity contribution < 1.29 is 4.74 Å². The molecule has 0 bridgehead atoms. The van der Waals surface area contributed by atoms with Gasteiger partial charge in [0.2, 0.25) is 0 Å². The molecule has 0 radical (unpaired) electrons. The number of nitrogens with one attached hydrogen (secondary N) is 1. The van der Waals surface area contributed by atoms with Gasteiger partial charge in [0.05, 0.1) is 6.26 Å². The third kappa shape index (κ3) is 4.34. The lowest BCUT2D eigenvalue weighted by molar-refractivity contribution is 0.0303. The van der Waals surface area contributed by atoms with Crippen molar-refractivity contribution in [3.8, 4) is 0 Å². The standard InChI is InChI=1S/C15H27NO/c1-15(2)12-14(9-11-17-15)16-10-8-13-6-4-3-5-7-13/h9,11,13-14,16H,3-8,10,12H2,1-2H3. The fourth-order valence-corrected chi connectivity index (χ4v) is 3.05. The molecule has 1 atom stereocenters. The first-order valence-electron chi connectivity index (χ1n) is 7.24. The van der Waals surface area contributed by atoms with Crippen molar-refractivity contribution in [3.63, 3.8) is 0 Å². The number of ether oxygens (including phenoxy) is 1. The van der Waals surface area contributed by atoms with E-state index >= 15 is 0 Å². The lowest BCUT2D eigenvalue weighted by atomic mass is 9.87. The molecule has 1 saturated carbocycles. The second-order valence-electron chi connectivity index (χ2n) is 6.26. The van der Waals surface area contributed by atoms with Gasteiger partial charge < -0.3 is 10.1 Å². The molecule has 0 aromatic rings. The summed E-state index contributed by atoms with van der Waals surface area (Å²) in [5.41, 5.74) is -0.00272. The maximum atomic E-state index is 5.57. The average Bonchev–Trinajstić information content (AvgIpc) is 2.29. The molecule has 0 spiro atoms. The Labute approximate surface area is 106 Å². The first kappa shape index (κ1) is 12.9. The van der Waals surface area contributed by atoms with Crippen molar-refractivity contribution in [1.82, 2.24) is 5.32 Å². The molecule has 98 valence electrons. The van der Waals surface area contributed by atoms with Gasteiger partial charge >= 0.3 is 0 Å². The van der Waals surface area contributed by atoms with Crippen molar-refractivity contribution >= 4 is 0 Å². The topological polar surface area (TPSA) is 21.3 Å². The molecule has 0 aromatic heterocycles. The number of hydrogen-bond donors (Lipinski definition) is 1. The predicted octanol–water partition coefficient (Wildman–Crippen LogP) is 3.63. The highest BCUT2D eigenvalue weighted by Crippen LogP contribution is 2.26. The smallest absolute Gasteiger partial charge is 0.104 e. The largest absolute Gasteiger partial charge is 0.496 e. The third-order valence-electron chi connectivity index (χ3n) is 4.09. The van der Waals surface area contributed by atoms with E-state index in [9.17, 15) is 0 Å². The quantitative estimate of drug-likeness (QED) is 0.806. The highest BCUT2D eigenvalue weighted by atomic mass is 16.5. The van der Waals surface area contributed by atoms with Gasteiger partial charge in [-0.25, -0.2) is 0 Å². The SMILES string of the molecule is CC1(C)CC(NCCC2CCCCC2)C=CO1. The van der Waals surface area contributed by atoms with Gasteiger partial charge in [-0.15, -0.1) is 0 Å². The van der Waals surface area contributed by atoms with Gasteiger partial charge in [-0.3, -0.25) is 0 Å². The Hall–Kier alpha value is -0.500. The first-order valence-corrected chi connectivity index (χ1v) is 7.24.